The summed E-state index contributed by atoms with van der Waals surface area (Å²) in [4.78, 5) is 4.05. The van der Waals surface area contributed by atoms with E-state index < -0.39 is 0 Å². The van der Waals surface area contributed by atoms with Gasteiger partial charge in [-0.3, -0.25) is 0 Å². The molecule has 0 saturated carbocycles. The summed E-state index contributed by atoms with van der Waals surface area (Å²) in [7, 11) is 0. The molecule has 1 aromatic heterocycles. The summed E-state index contributed by atoms with van der Waals surface area (Å²) in [6, 6.07) is 4.38. The Morgan fingerprint density at radius 1 is 1.46 bits per heavy atom. The molecule has 0 amide bonds. The van der Waals surface area contributed by atoms with Crippen LogP contribution >= 0.6 is 24.0 Å². The second-order valence-corrected chi connectivity index (χ2v) is 3.45. The van der Waals surface area contributed by atoms with E-state index in [0.29, 0.717) is 11.2 Å². The van der Waals surface area contributed by atoms with Gasteiger partial charge >= 0.3 is 0 Å². The smallest absolute Gasteiger partial charge is 0.129 e. The molecular weight excluding hydrogens is 207 g/mol. The third kappa shape index (κ3) is 2.56. The lowest BCUT2D eigenvalue weighted by Crippen LogP contribution is -2.12. The van der Waals surface area contributed by atoms with Crippen molar-refractivity contribution in [1.29, 1.82) is 0 Å². The minimum Gasteiger partial charge on any atom is -0.310 e. The molecule has 4 heteroatoms. The Hall–Kier alpha value is -0.310. The van der Waals surface area contributed by atoms with Crippen molar-refractivity contribution in [2.45, 2.75) is 18.9 Å². The molecule has 1 atom stereocenters. The summed E-state index contributed by atoms with van der Waals surface area (Å²) >= 11 is 5.69. The van der Waals surface area contributed by atoms with E-state index >= 15 is 0 Å². The van der Waals surface area contributed by atoms with Gasteiger partial charge in [-0.1, -0.05) is 17.7 Å². The fraction of sp³-hybridized carbons (Fsp3) is 0.444. The van der Waals surface area contributed by atoms with E-state index in [9.17, 15) is 0 Å². The Morgan fingerprint density at radius 2 is 2.31 bits per heavy atom. The third-order valence-corrected chi connectivity index (χ3v) is 2.44. The summed E-state index contributed by atoms with van der Waals surface area (Å²) in [6.45, 7) is 1.12. The highest BCUT2D eigenvalue weighted by atomic mass is 35.5. The lowest BCUT2D eigenvalue weighted by Gasteiger charge is -2.08. The molecular formula is C9H12Cl2N2. The van der Waals surface area contributed by atoms with Gasteiger partial charge in [-0.2, -0.15) is 0 Å². The van der Waals surface area contributed by atoms with Gasteiger partial charge in [0, 0.05) is 12.2 Å². The quantitative estimate of drug-likeness (QED) is 0.734. The summed E-state index contributed by atoms with van der Waals surface area (Å²) in [6.07, 6.45) is 4.32. The molecule has 0 aliphatic carbocycles. The fourth-order valence-electron chi connectivity index (χ4n) is 1.56. The first-order valence-corrected chi connectivity index (χ1v) is 4.59. The Bertz CT molecular complexity index is 255. The van der Waals surface area contributed by atoms with E-state index in [1.807, 2.05) is 18.3 Å². The van der Waals surface area contributed by atoms with Crippen LogP contribution < -0.4 is 5.32 Å². The Morgan fingerprint density at radius 3 is 2.85 bits per heavy atom. The maximum atomic E-state index is 5.69. The van der Waals surface area contributed by atoms with Gasteiger partial charge in [-0.15, -0.1) is 12.4 Å². The van der Waals surface area contributed by atoms with E-state index in [4.69, 9.17) is 11.6 Å². The molecule has 2 heterocycles. The molecule has 1 aliphatic rings. The van der Waals surface area contributed by atoms with Gasteiger partial charge < -0.3 is 5.32 Å². The van der Waals surface area contributed by atoms with E-state index in [2.05, 4.69) is 10.3 Å². The molecule has 1 N–H and O–H groups in total. The summed E-state index contributed by atoms with van der Waals surface area (Å²) in [5.41, 5.74) is 1.25. The highest BCUT2D eigenvalue weighted by molar-refractivity contribution is 6.29. The first-order chi connectivity index (χ1) is 5.86. The standard InChI is InChI=1S/C9H11ClN2.ClH/c10-9-4-3-7(6-12-9)8-2-1-5-11-8;/h3-4,6,8,11H,1-2,5H2;1H/t8-;/m1./s1. The van der Waals surface area contributed by atoms with Crippen LogP contribution in [0.2, 0.25) is 5.15 Å². The number of nitrogens with one attached hydrogen (secondary N) is 1. The topological polar surface area (TPSA) is 24.9 Å². The van der Waals surface area contributed by atoms with Crippen LogP contribution in [0.15, 0.2) is 18.3 Å². The average molecular weight is 219 g/mol. The molecule has 2 rings (SSSR count). The highest BCUT2D eigenvalue weighted by Crippen LogP contribution is 2.22. The van der Waals surface area contributed by atoms with E-state index in [1.54, 1.807) is 0 Å². The largest absolute Gasteiger partial charge is 0.310 e. The molecule has 72 valence electrons. The van der Waals surface area contributed by atoms with Crippen molar-refractivity contribution in [1.82, 2.24) is 10.3 Å². The molecule has 13 heavy (non-hydrogen) atoms. The van der Waals surface area contributed by atoms with Crippen LogP contribution in [0.4, 0.5) is 0 Å². The number of rotatable bonds is 1. The summed E-state index contributed by atoms with van der Waals surface area (Å²) < 4.78 is 0. The summed E-state index contributed by atoms with van der Waals surface area (Å²) in [5, 5.41) is 3.98. The van der Waals surface area contributed by atoms with Gasteiger partial charge in [0.15, 0.2) is 0 Å². The molecule has 0 aromatic carbocycles. The van der Waals surface area contributed by atoms with Crippen molar-refractivity contribution in [2.24, 2.45) is 0 Å². The predicted octanol–water partition coefficient (Wildman–Crippen LogP) is 2.58. The van der Waals surface area contributed by atoms with Crippen molar-refractivity contribution in [3.8, 4) is 0 Å². The number of nitrogens with zero attached hydrogens (tertiary/aromatic N) is 1. The molecule has 1 fully saturated rings. The second-order valence-electron chi connectivity index (χ2n) is 3.06. The van der Waals surface area contributed by atoms with Gasteiger partial charge in [-0.25, -0.2) is 4.98 Å². The van der Waals surface area contributed by atoms with E-state index in [0.717, 1.165) is 6.54 Å². The normalized spacial score (nSPS) is 21.2. The number of aromatic nitrogens is 1. The van der Waals surface area contributed by atoms with Crippen molar-refractivity contribution >= 4 is 24.0 Å². The monoisotopic (exact) mass is 218 g/mol. The van der Waals surface area contributed by atoms with Crippen LogP contribution in [-0.4, -0.2) is 11.5 Å². The van der Waals surface area contributed by atoms with Crippen molar-refractivity contribution in [3.63, 3.8) is 0 Å². The predicted molar refractivity (Wildman–Crippen MR) is 56.5 cm³/mol. The van der Waals surface area contributed by atoms with Gasteiger partial charge in [0.1, 0.15) is 5.15 Å². The second kappa shape index (κ2) is 4.80. The zero-order valence-electron chi connectivity index (χ0n) is 7.16. The zero-order chi connectivity index (χ0) is 8.39. The van der Waals surface area contributed by atoms with Gasteiger partial charge in [0.25, 0.3) is 0 Å². The number of hydrogen-bond donors (Lipinski definition) is 1. The van der Waals surface area contributed by atoms with Gasteiger partial charge in [-0.05, 0) is 31.0 Å². The van der Waals surface area contributed by atoms with Crippen LogP contribution in [0.25, 0.3) is 0 Å². The lowest BCUT2D eigenvalue weighted by molar-refractivity contribution is 0.645. The van der Waals surface area contributed by atoms with Crippen LogP contribution in [-0.2, 0) is 0 Å². The molecule has 2 nitrogen and oxygen atoms in total. The summed E-state index contributed by atoms with van der Waals surface area (Å²) in [5.74, 6) is 0. The lowest BCUT2D eigenvalue weighted by atomic mass is 10.1. The third-order valence-electron chi connectivity index (χ3n) is 2.21. The van der Waals surface area contributed by atoms with Crippen LogP contribution in [0.3, 0.4) is 0 Å². The minimum absolute atomic E-state index is 0. The van der Waals surface area contributed by atoms with Gasteiger partial charge in [0.05, 0.1) is 0 Å². The molecule has 1 aromatic rings. The van der Waals surface area contributed by atoms with Crippen molar-refractivity contribution < 1.29 is 0 Å². The number of hydrogen-bond acceptors (Lipinski definition) is 2. The zero-order valence-corrected chi connectivity index (χ0v) is 8.74. The molecule has 0 spiro atoms. The van der Waals surface area contributed by atoms with Crippen LogP contribution in [0.5, 0.6) is 0 Å². The first-order valence-electron chi connectivity index (χ1n) is 4.21. The average Bonchev–Trinajstić information content (AvgIpc) is 2.58. The fourth-order valence-corrected chi connectivity index (χ4v) is 1.67. The van der Waals surface area contributed by atoms with Crippen LogP contribution in [0.1, 0.15) is 24.4 Å². The Kier molecular flexibility index (Phi) is 3.97. The van der Waals surface area contributed by atoms with Gasteiger partial charge in [0.2, 0.25) is 0 Å². The maximum Gasteiger partial charge on any atom is 0.129 e. The molecule has 1 saturated heterocycles. The molecule has 0 bridgehead atoms. The number of halogens is 2. The highest BCUT2D eigenvalue weighted by Gasteiger charge is 2.15. The molecule has 0 radical (unpaired) electrons. The number of pyridine rings is 1. The van der Waals surface area contributed by atoms with Crippen molar-refractivity contribution in [3.05, 3.63) is 29.0 Å². The molecule has 0 unspecified atom stereocenters. The first kappa shape index (κ1) is 10.8. The van der Waals surface area contributed by atoms with E-state index in [1.165, 1.54) is 18.4 Å². The maximum absolute atomic E-state index is 5.69. The Labute approximate surface area is 89.1 Å². The van der Waals surface area contributed by atoms with Crippen molar-refractivity contribution in [2.75, 3.05) is 6.54 Å². The van der Waals surface area contributed by atoms with E-state index in [-0.39, 0.29) is 12.4 Å². The SMILES string of the molecule is Cl.Clc1ccc([C@H]2CCCN2)cn1. The minimum atomic E-state index is 0. The van der Waals surface area contributed by atoms with Crippen LogP contribution in [0, 0.1) is 0 Å². The Balaban J connectivity index is 0.000000845. The molecule has 1 aliphatic heterocycles.